The Balaban J connectivity index is 2.28. The van der Waals surface area contributed by atoms with E-state index in [4.69, 9.17) is 5.11 Å². The first kappa shape index (κ1) is 13.6. The van der Waals surface area contributed by atoms with Crippen molar-refractivity contribution in [1.29, 1.82) is 0 Å². The molecule has 0 heterocycles. The summed E-state index contributed by atoms with van der Waals surface area (Å²) in [6, 6.07) is 13.0. The second-order valence-corrected chi connectivity index (χ2v) is 6.52. The summed E-state index contributed by atoms with van der Waals surface area (Å²) < 4.78 is 1.79. The lowest BCUT2D eigenvalue weighted by Crippen LogP contribution is -1.95. The summed E-state index contributed by atoms with van der Waals surface area (Å²) in [6.45, 7) is 0. The number of carbonyl (C=O) groups is 1. The molecule has 5 heteroatoms. The molecule has 2 nitrogen and oxygen atoms in total. The quantitative estimate of drug-likeness (QED) is 0.799. The van der Waals surface area contributed by atoms with Gasteiger partial charge in [-0.1, -0.05) is 43.6 Å². The van der Waals surface area contributed by atoms with Gasteiger partial charge in [-0.25, -0.2) is 4.79 Å². The number of aromatic carboxylic acids is 1. The normalized spacial score (nSPS) is 10.3. The highest BCUT2D eigenvalue weighted by Crippen LogP contribution is 2.31. The molecule has 0 aliphatic heterocycles. The summed E-state index contributed by atoms with van der Waals surface area (Å²) in [5.41, 5.74) is 0.281. The first-order chi connectivity index (χ1) is 8.54. The van der Waals surface area contributed by atoms with Crippen LogP contribution in [0.25, 0.3) is 0 Å². The fraction of sp³-hybridized carbons (Fsp3) is 0. The summed E-state index contributed by atoms with van der Waals surface area (Å²) in [4.78, 5) is 12.9. The van der Waals surface area contributed by atoms with Gasteiger partial charge in [0.15, 0.2) is 0 Å². The minimum Gasteiger partial charge on any atom is -0.478 e. The predicted molar refractivity (Wildman–Crippen MR) is 79.4 cm³/mol. The minimum atomic E-state index is -0.922. The van der Waals surface area contributed by atoms with Crippen LogP contribution in [0.15, 0.2) is 61.2 Å². The molecule has 0 spiro atoms. The van der Waals surface area contributed by atoms with Crippen LogP contribution in [-0.4, -0.2) is 11.1 Å². The van der Waals surface area contributed by atoms with Crippen LogP contribution in [0.1, 0.15) is 10.4 Å². The van der Waals surface area contributed by atoms with E-state index in [-0.39, 0.29) is 5.56 Å². The standard InChI is InChI=1S/C13H8Br2O2S/c14-9-1-3-11(4-2-9)18-12-6-8(13(16)17)5-10(15)7-12/h1-7H,(H,16,17). The molecule has 0 bridgehead atoms. The highest BCUT2D eigenvalue weighted by Gasteiger charge is 2.07. The van der Waals surface area contributed by atoms with Crippen molar-refractivity contribution in [3.05, 3.63) is 57.0 Å². The largest absolute Gasteiger partial charge is 0.478 e. The van der Waals surface area contributed by atoms with Crippen LogP contribution in [-0.2, 0) is 0 Å². The predicted octanol–water partition coefficient (Wildman–Crippen LogP) is 5.06. The van der Waals surface area contributed by atoms with Crippen LogP contribution in [0.4, 0.5) is 0 Å². The van der Waals surface area contributed by atoms with E-state index in [1.807, 2.05) is 30.3 Å². The number of halogens is 2. The van der Waals surface area contributed by atoms with E-state index < -0.39 is 5.97 Å². The molecule has 0 amide bonds. The molecule has 0 atom stereocenters. The molecule has 2 rings (SSSR count). The van der Waals surface area contributed by atoms with Crippen LogP contribution < -0.4 is 0 Å². The van der Waals surface area contributed by atoms with E-state index in [0.29, 0.717) is 0 Å². The highest BCUT2D eigenvalue weighted by molar-refractivity contribution is 9.10. The topological polar surface area (TPSA) is 37.3 Å². The Morgan fingerprint density at radius 3 is 2.22 bits per heavy atom. The van der Waals surface area contributed by atoms with E-state index in [1.54, 1.807) is 12.1 Å². The van der Waals surface area contributed by atoms with E-state index in [9.17, 15) is 4.79 Å². The lowest BCUT2D eigenvalue weighted by molar-refractivity contribution is 0.0696. The SMILES string of the molecule is O=C(O)c1cc(Br)cc(Sc2ccc(Br)cc2)c1. The second kappa shape index (κ2) is 5.91. The van der Waals surface area contributed by atoms with Crippen LogP contribution in [0.2, 0.25) is 0 Å². The lowest BCUT2D eigenvalue weighted by Gasteiger charge is -2.04. The van der Waals surface area contributed by atoms with E-state index >= 15 is 0 Å². The van der Waals surface area contributed by atoms with Gasteiger partial charge in [-0.2, -0.15) is 0 Å². The van der Waals surface area contributed by atoms with Crippen LogP contribution in [0, 0.1) is 0 Å². The maximum atomic E-state index is 11.0. The molecular formula is C13H8Br2O2S. The third-order valence-electron chi connectivity index (χ3n) is 2.17. The number of hydrogen-bond donors (Lipinski definition) is 1. The van der Waals surface area contributed by atoms with Crippen LogP contribution in [0.5, 0.6) is 0 Å². The van der Waals surface area contributed by atoms with E-state index in [0.717, 1.165) is 18.7 Å². The Hall–Kier alpha value is -0.780. The van der Waals surface area contributed by atoms with Crippen molar-refractivity contribution in [2.45, 2.75) is 9.79 Å². The van der Waals surface area contributed by atoms with Gasteiger partial charge in [-0.05, 0) is 42.5 Å². The summed E-state index contributed by atoms with van der Waals surface area (Å²) in [6.07, 6.45) is 0. The second-order valence-electron chi connectivity index (χ2n) is 3.54. The number of carboxylic acid groups (broad SMARTS) is 1. The van der Waals surface area contributed by atoms with E-state index in [2.05, 4.69) is 31.9 Å². The Bertz CT molecular complexity index is 582. The average molecular weight is 388 g/mol. The van der Waals surface area contributed by atoms with Gasteiger partial charge in [0.2, 0.25) is 0 Å². The van der Waals surface area contributed by atoms with Gasteiger partial charge >= 0.3 is 5.97 Å². The number of benzene rings is 2. The summed E-state index contributed by atoms with van der Waals surface area (Å²) in [5.74, 6) is -0.922. The number of hydrogen-bond acceptors (Lipinski definition) is 2. The molecule has 0 saturated heterocycles. The van der Waals surface area contributed by atoms with Crippen molar-refractivity contribution < 1.29 is 9.90 Å². The van der Waals surface area contributed by atoms with Crippen molar-refractivity contribution in [3.8, 4) is 0 Å². The van der Waals surface area contributed by atoms with Crippen LogP contribution >= 0.6 is 43.6 Å². The average Bonchev–Trinajstić information content (AvgIpc) is 2.31. The molecule has 1 N–H and O–H groups in total. The minimum absolute atomic E-state index is 0.281. The fourth-order valence-electron chi connectivity index (χ4n) is 1.38. The zero-order chi connectivity index (χ0) is 13.1. The van der Waals surface area contributed by atoms with Crippen molar-refractivity contribution in [3.63, 3.8) is 0 Å². The molecule has 0 unspecified atom stereocenters. The lowest BCUT2D eigenvalue weighted by atomic mass is 10.2. The summed E-state index contributed by atoms with van der Waals surface area (Å²) >= 11 is 8.23. The summed E-state index contributed by atoms with van der Waals surface area (Å²) in [7, 11) is 0. The monoisotopic (exact) mass is 386 g/mol. The zero-order valence-electron chi connectivity index (χ0n) is 9.06. The van der Waals surface area contributed by atoms with Crippen molar-refractivity contribution in [2.75, 3.05) is 0 Å². The molecule has 0 saturated carbocycles. The van der Waals surface area contributed by atoms with Gasteiger partial charge in [0.25, 0.3) is 0 Å². The van der Waals surface area contributed by atoms with Crippen molar-refractivity contribution in [2.24, 2.45) is 0 Å². The van der Waals surface area contributed by atoms with E-state index in [1.165, 1.54) is 11.8 Å². The Morgan fingerprint density at radius 2 is 1.61 bits per heavy atom. The maximum absolute atomic E-state index is 11.0. The highest BCUT2D eigenvalue weighted by atomic mass is 79.9. The van der Waals surface area contributed by atoms with Gasteiger partial charge in [-0.3, -0.25) is 0 Å². The molecule has 0 aromatic heterocycles. The molecular weight excluding hydrogens is 380 g/mol. The van der Waals surface area contributed by atoms with Gasteiger partial charge in [0, 0.05) is 18.7 Å². The Morgan fingerprint density at radius 1 is 0.944 bits per heavy atom. The first-order valence-electron chi connectivity index (χ1n) is 5.02. The van der Waals surface area contributed by atoms with Gasteiger partial charge < -0.3 is 5.11 Å². The maximum Gasteiger partial charge on any atom is 0.335 e. The van der Waals surface area contributed by atoms with Crippen molar-refractivity contribution >= 4 is 49.6 Å². The molecule has 92 valence electrons. The smallest absolute Gasteiger partial charge is 0.335 e. The molecule has 18 heavy (non-hydrogen) atoms. The van der Waals surface area contributed by atoms with Gasteiger partial charge in [-0.15, -0.1) is 0 Å². The Kier molecular flexibility index (Phi) is 4.48. The zero-order valence-corrected chi connectivity index (χ0v) is 13.0. The molecule has 0 radical (unpaired) electrons. The molecule has 0 aliphatic carbocycles. The van der Waals surface area contributed by atoms with Gasteiger partial charge in [0.05, 0.1) is 5.56 Å². The molecule has 0 aliphatic rings. The third-order valence-corrected chi connectivity index (χ3v) is 4.13. The fourth-order valence-corrected chi connectivity index (χ4v) is 3.21. The summed E-state index contributed by atoms with van der Waals surface area (Å²) in [5, 5.41) is 9.00. The number of carboxylic acids is 1. The Labute approximate surface area is 126 Å². The molecule has 2 aromatic carbocycles. The van der Waals surface area contributed by atoms with Gasteiger partial charge in [0.1, 0.15) is 0 Å². The molecule has 2 aromatic rings. The van der Waals surface area contributed by atoms with Crippen LogP contribution in [0.3, 0.4) is 0 Å². The molecule has 0 fully saturated rings. The first-order valence-corrected chi connectivity index (χ1v) is 7.42. The van der Waals surface area contributed by atoms with Crippen molar-refractivity contribution in [1.82, 2.24) is 0 Å². The third kappa shape index (κ3) is 3.60. The number of rotatable bonds is 3.